The van der Waals surface area contributed by atoms with Gasteiger partial charge in [-0.2, -0.15) is 0 Å². The van der Waals surface area contributed by atoms with Crippen molar-refractivity contribution >= 4 is 28.0 Å². The van der Waals surface area contributed by atoms with E-state index in [0.29, 0.717) is 29.0 Å². The lowest BCUT2D eigenvalue weighted by Gasteiger charge is -2.14. The summed E-state index contributed by atoms with van der Waals surface area (Å²) in [5.41, 5.74) is 1.32. The third-order valence-electron chi connectivity index (χ3n) is 4.86. The van der Waals surface area contributed by atoms with E-state index < -0.39 is 16.1 Å². The van der Waals surface area contributed by atoms with Crippen LogP contribution in [0.25, 0.3) is 6.08 Å². The van der Waals surface area contributed by atoms with Gasteiger partial charge in [0.15, 0.2) is 0 Å². The van der Waals surface area contributed by atoms with E-state index in [-0.39, 0.29) is 36.3 Å². The molecule has 0 unspecified atom stereocenters. The maximum absolute atomic E-state index is 12.7. The number of urea groups is 1. The maximum Gasteiger partial charge on any atom is 0.328 e. The summed E-state index contributed by atoms with van der Waals surface area (Å²) in [5, 5.41) is 4.95. The lowest BCUT2D eigenvalue weighted by atomic mass is 10.1. The first kappa shape index (κ1) is 28.5. The first-order valence-corrected chi connectivity index (χ1v) is 12.4. The summed E-state index contributed by atoms with van der Waals surface area (Å²) in [6, 6.07) is 8.95. The predicted octanol–water partition coefficient (Wildman–Crippen LogP) is 1.72. The van der Waals surface area contributed by atoms with Crippen molar-refractivity contribution in [3.8, 4) is 17.2 Å². The highest BCUT2D eigenvalue weighted by Gasteiger charge is 2.22. The summed E-state index contributed by atoms with van der Waals surface area (Å²) in [7, 11) is 1.68. The number of hydrogen-bond acceptors (Lipinski definition) is 8. The standard InChI is InChI=1S/C24H31N3O8S/c1-25-24(29)27-36(30,31)22-15-17(5-9-20(22)35-14-13-32-2)11-12-26-23(28)10-7-18-6-8-19(33-3)16-21(18)34-4/h5-10,15-16H,11-14H2,1-4H3,(H,26,28)(H2,25,27,29)/b10-7+. The van der Waals surface area contributed by atoms with Gasteiger partial charge in [-0.1, -0.05) is 6.07 Å². The molecule has 3 amide bonds. The van der Waals surface area contributed by atoms with E-state index in [0.717, 1.165) is 0 Å². The quantitative estimate of drug-likeness (QED) is 0.267. The fraction of sp³-hybridized carbons (Fsp3) is 0.333. The largest absolute Gasteiger partial charge is 0.497 e. The van der Waals surface area contributed by atoms with Crippen molar-refractivity contribution in [1.82, 2.24) is 15.4 Å². The van der Waals surface area contributed by atoms with Crippen molar-refractivity contribution < 1.29 is 37.0 Å². The Morgan fingerprint density at radius 1 is 0.972 bits per heavy atom. The second-order valence-electron chi connectivity index (χ2n) is 7.29. The molecule has 0 spiro atoms. The highest BCUT2D eigenvalue weighted by molar-refractivity contribution is 7.90. The molecular formula is C24H31N3O8S. The van der Waals surface area contributed by atoms with Gasteiger partial charge in [0.1, 0.15) is 28.8 Å². The first-order chi connectivity index (χ1) is 17.2. The molecule has 2 rings (SSSR count). The van der Waals surface area contributed by atoms with Crippen LogP contribution < -0.4 is 29.6 Å². The number of hydrogen-bond donors (Lipinski definition) is 3. The lowest BCUT2D eigenvalue weighted by Crippen LogP contribution is -2.37. The van der Waals surface area contributed by atoms with Crippen molar-refractivity contribution in [2.75, 3.05) is 48.1 Å². The van der Waals surface area contributed by atoms with Crippen LogP contribution in [0.15, 0.2) is 47.4 Å². The Kier molecular flexibility index (Phi) is 11.0. The van der Waals surface area contributed by atoms with Gasteiger partial charge in [-0.15, -0.1) is 0 Å². The Morgan fingerprint density at radius 2 is 1.75 bits per heavy atom. The number of carbonyl (C=O) groups is 2. The molecule has 0 fully saturated rings. The van der Waals surface area contributed by atoms with E-state index in [9.17, 15) is 18.0 Å². The summed E-state index contributed by atoms with van der Waals surface area (Å²) in [5.74, 6) is 0.940. The number of amides is 3. The van der Waals surface area contributed by atoms with Crippen LogP contribution in [-0.2, 0) is 26.0 Å². The number of rotatable bonds is 13. The number of methoxy groups -OCH3 is 3. The van der Waals surface area contributed by atoms with E-state index >= 15 is 0 Å². The predicted molar refractivity (Wildman–Crippen MR) is 134 cm³/mol. The van der Waals surface area contributed by atoms with Gasteiger partial charge in [0.2, 0.25) is 5.91 Å². The Balaban J connectivity index is 2.08. The fourth-order valence-electron chi connectivity index (χ4n) is 3.01. The summed E-state index contributed by atoms with van der Waals surface area (Å²) in [6.07, 6.45) is 3.33. The molecule has 0 aliphatic rings. The van der Waals surface area contributed by atoms with Gasteiger partial charge in [-0.05, 0) is 42.3 Å². The molecule has 0 saturated heterocycles. The molecule has 0 atom stereocenters. The normalized spacial score (nSPS) is 11.1. The summed E-state index contributed by atoms with van der Waals surface area (Å²) in [6.45, 7) is 0.626. The van der Waals surface area contributed by atoms with Gasteiger partial charge >= 0.3 is 6.03 Å². The van der Waals surface area contributed by atoms with Crippen molar-refractivity contribution in [2.45, 2.75) is 11.3 Å². The van der Waals surface area contributed by atoms with Crippen LogP contribution in [0.5, 0.6) is 17.2 Å². The van der Waals surface area contributed by atoms with Gasteiger partial charge < -0.3 is 29.6 Å². The summed E-state index contributed by atoms with van der Waals surface area (Å²) >= 11 is 0. The zero-order chi connectivity index (χ0) is 26.6. The third-order valence-corrected chi connectivity index (χ3v) is 6.22. The molecule has 0 bridgehead atoms. The highest BCUT2D eigenvalue weighted by Crippen LogP contribution is 2.26. The number of benzene rings is 2. The SMILES string of the molecule is CNC(=O)NS(=O)(=O)c1cc(CCNC(=O)/C=C/c2ccc(OC)cc2OC)ccc1OCCOC. The first-order valence-electron chi connectivity index (χ1n) is 10.9. The molecule has 36 heavy (non-hydrogen) atoms. The number of sulfonamides is 1. The van der Waals surface area contributed by atoms with E-state index in [2.05, 4.69) is 10.6 Å². The van der Waals surface area contributed by atoms with Gasteiger partial charge in [-0.25, -0.2) is 17.9 Å². The fourth-order valence-corrected chi connectivity index (χ4v) is 4.17. The van der Waals surface area contributed by atoms with Gasteiger partial charge in [0.25, 0.3) is 10.0 Å². The molecule has 2 aromatic carbocycles. The van der Waals surface area contributed by atoms with E-state index in [1.807, 2.05) is 4.72 Å². The minimum atomic E-state index is -4.20. The third kappa shape index (κ3) is 8.47. The summed E-state index contributed by atoms with van der Waals surface area (Å²) in [4.78, 5) is 23.7. The monoisotopic (exact) mass is 521 g/mol. The molecule has 0 aliphatic carbocycles. The molecule has 196 valence electrons. The molecular weight excluding hydrogens is 490 g/mol. The Labute approximate surface area is 210 Å². The molecule has 2 aromatic rings. The van der Waals surface area contributed by atoms with Gasteiger partial charge in [-0.3, -0.25) is 4.79 Å². The Hall–Kier alpha value is -3.77. The molecule has 0 saturated carbocycles. The molecule has 0 radical (unpaired) electrons. The van der Waals surface area contributed by atoms with E-state index in [4.69, 9.17) is 18.9 Å². The van der Waals surface area contributed by atoms with Gasteiger partial charge in [0, 0.05) is 38.4 Å². The van der Waals surface area contributed by atoms with Gasteiger partial charge in [0.05, 0.1) is 20.8 Å². The molecule has 11 nitrogen and oxygen atoms in total. The lowest BCUT2D eigenvalue weighted by molar-refractivity contribution is -0.116. The number of carbonyl (C=O) groups excluding carboxylic acids is 2. The summed E-state index contributed by atoms with van der Waals surface area (Å²) < 4.78 is 48.3. The average molecular weight is 522 g/mol. The average Bonchev–Trinajstić information content (AvgIpc) is 2.87. The zero-order valence-electron chi connectivity index (χ0n) is 20.6. The van der Waals surface area contributed by atoms with Crippen LogP contribution in [0.4, 0.5) is 4.79 Å². The second kappa shape index (κ2) is 14.0. The topological polar surface area (TPSA) is 141 Å². The smallest absolute Gasteiger partial charge is 0.328 e. The molecule has 0 heterocycles. The maximum atomic E-state index is 12.7. The van der Waals surface area contributed by atoms with Crippen LogP contribution in [0.1, 0.15) is 11.1 Å². The van der Waals surface area contributed by atoms with Crippen molar-refractivity contribution in [2.24, 2.45) is 0 Å². The minimum Gasteiger partial charge on any atom is -0.497 e. The van der Waals surface area contributed by atoms with Crippen LogP contribution in [0.2, 0.25) is 0 Å². The van der Waals surface area contributed by atoms with Crippen LogP contribution in [-0.4, -0.2) is 68.5 Å². The Bertz CT molecular complexity index is 1180. The van der Waals surface area contributed by atoms with Crippen molar-refractivity contribution in [1.29, 1.82) is 0 Å². The van der Waals surface area contributed by atoms with Crippen LogP contribution in [0, 0.1) is 0 Å². The van der Waals surface area contributed by atoms with E-state index in [1.54, 1.807) is 37.5 Å². The van der Waals surface area contributed by atoms with Crippen LogP contribution in [0.3, 0.4) is 0 Å². The van der Waals surface area contributed by atoms with E-state index in [1.165, 1.54) is 39.5 Å². The minimum absolute atomic E-state index is 0.0765. The van der Waals surface area contributed by atoms with Crippen molar-refractivity contribution in [3.63, 3.8) is 0 Å². The number of nitrogens with one attached hydrogen (secondary N) is 3. The van der Waals surface area contributed by atoms with Crippen LogP contribution >= 0.6 is 0 Å². The number of ether oxygens (including phenoxy) is 4. The molecule has 0 aromatic heterocycles. The molecule has 3 N–H and O–H groups in total. The highest BCUT2D eigenvalue weighted by atomic mass is 32.2. The van der Waals surface area contributed by atoms with Crippen molar-refractivity contribution in [3.05, 3.63) is 53.6 Å². The molecule has 0 aliphatic heterocycles. The zero-order valence-corrected chi connectivity index (χ0v) is 21.4. The molecule has 12 heteroatoms. The second-order valence-corrected chi connectivity index (χ2v) is 8.94. The Morgan fingerprint density at radius 3 is 2.42 bits per heavy atom.